The molecule has 2 atom stereocenters. The first-order valence-electron chi connectivity index (χ1n) is 7.01. The molecule has 2 rings (SSSR count). The highest BCUT2D eigenvalue weighted by Crippen LogP contribution is 2.34. The third kappa shape index (κ3) is 4.39. The zero-order valence-corrected chi connectivity index (χ0v) is 15.9. The minimum absolute atomic E-state index is 0.640. The van der Waals surface area contributed by atoms with E-state index in [1.54, 1.807) is 7.11 Å². The van der Waals surface area contributed by atoms with Crippen molar-refractivity contribution >= 4 is 43.6 Å². The van der Waals surface area contributed by atoms with Gasteiger partial charge in [-0.3, -0.25) is 0 Å². The third-order valence-electron chi connectivity index (χ3n) is 3.66. The molecule has 0 saturated heterocycles. The van der Waals surface area contributed by atoms with E-state index in [9.17, 15) is 0 Å². The summed E-state index contributed by atoms with van der Waals surface area (Å²) in [6.07, 6.45) is 3.92. The van der Waals surface area contributed by atoms with E-state index in [0.29, 0.717) is 6.04 Å². The number of rotatable bonds is 6. The molecule has 1 aromatic rings. The van der Waals surface area contributed by atoms with Gasteiger partial charge in [-0.15, -0.1) is 0 Å². The SMILES string of the molecule is CCSC1CCC(NCc2cc(Br)cc(Br)c2OC)C1. The first kappa shape index (κ1) is 16.7. The predicted molar refractivity (Wildman–Crippen MR) is 94.8 cm³/mol. The van der Waals surface area contributed by atoms with E-state index in [1.807, 2.05) is 6.07 Å². The molecular formula is C15H21Br2NOS. The molecule has 1 aliphatic rings. The standard InChI is InChI=1S/C15H21Br2NOS/c1-3-20-13-5-4-12(8-13)18-9-10-6-11(16)7-14(17)15(10)19-2/h6-7,12-13,18H,3-5,8-9H2,1-2H3. The molecule has 1 N–H and O–H groups in total. The van der Waals surface area contributed by atoms with Gasteiger partial charge in [0.15, 0.2) is 0 Å². The minimum Gasteiger partial charge on any atom is -0.495 e. The van der Waals surface area contributed by atoms with Crippen molar-refractivity contribution in [1.29, 1.82) is 0 Å². The molecule has 112 valence electrons. The Bertz CT molecular complexity index is 456. The van der Waals surface area contributed by atoms with Gasteiger partial charge < -0.3 is 10.1 Å². The zero-order chi connectivity index (χ0) is 14.5. The highest BCUT2D eigenvalue weighted by molar-refractivity contribution is 9.11. The van der Waals surface area contributed by atoms with E-state index in [4.69, 9.17) is 4.74 Å². The van der Waals surface area contributed by atoms with Gasteiger partial charge in [-0.25, -0.2) is 0 Å². The highest BCUT2D eigenvalue weighted by atomic mass is 79.9. The maximum absolute atomic E-state index is 5.49. The predicted octanol–water partition coefficient (Wildman–Crippen LogP) is 4.98. The van der Waals surface area contributed by atoms with E-state index < -0.39 is 0 Å². The first-order chi connectivity index (χ1) is 9.63. The molecule has 1 saturated carbocycles. The Hall–Kier alpha value is 0.290. The second kappa shape index (κ2) is 8.06. The molecule has 1 aliphatic carbocycles. The van der Waals surface area contributed by atoms with Gasteiger partial charge in [-0.05, 0) is 53.1 Å². The first-order valence-corrected chi connectivity index (χ1v) is 9.64. The Morgan fingerprint density at radius 1 is 1.35 bits per heavy atom. The molecule has 5 heteroatoms. The van der Waals surface area contributed by atoms with Crippen molar-refractivity contribution in [3.8, 4) is 5.75 Å². The van der Waals surface area contributed by atoms with Crippen molar-refractivity contribution < 1.29 is 4.74 Å². The van der Waals surface area contributed by atoms with Crippen LogP contribution in [-0.4, -0.2) is 24.2 Å². The summed E-state index contributed by atoms with van der Waals surface area (Å²) in [5.74, 6) is 2.15. The van der Waals surface area contributed by atoms with E-state index >= 15 is 0 Å². The second-order valence-corrected chi connectivity index (χ2v) is 8.40. The highest BCUT2D eigenvalue weighted by Gasteiger charge is 2.24. The van der Waals surface area contributed by atoms with Crippen molar-refractivity contribution in [1.82, 2.24) is 5.32 Å². The number of halogens is 2. The topological polar surface area (TPSA) is 21.3 Å². The van der Waals surface area contributed by atoms with Crippen LogP contribution in [0.2, 0.25) is 0 Å². The maximum Gasteiger partial charge on any atom is 0.137 e. The van der Waals surface area contributed by atoms with Crippen LogP contribution in [0.3, 0.4) is 0 Å². The van der Waals surface area contributed by atoms with Crippen LogP contribution in [0, 0.1) is 0 Å². The third-order valence-corrected chi connectivity index (χ3v) is 5.94. The van der Waals surface area contributed by atoms with Gasteiger partial charge in [0.25, 0.3) is 0 Å². The largest absolute Gasteiger partial charge is 0.495 e. The monoisotopic (exact) mass is 421 g/mol. The van der Waals surface area contributed by atoms with Crippen LogP contribution in [0.4, 0.5) is 0 Å². The van der Waals surface area contributed by atoms with Crippen LogP contribution >= 0.6 is 43.6 Å². The molecule has 1 aromatic carbocycles. The molecule has 2 unspecified atom stereocenters. The second-order valence-electron chi connectivity index (χ2n) is 5.05. The molecule has 0 amide bonds. The van der Waals surface area contributed by atoms with Gasteiger partial charge in [0.1, 0.15) is 5.75 Å². The van der Waals surface area contributed by atoms with Crippen LogP contribution in [0.25, 0.3) is 0 Å². The maximum atomic E-state index is 5.49. The Labute approximate surface area is 142 Å². The fraction of sp³-hybridized carbons (Fsp3) is 0.600. The molecule has 0 spiro atoms. The molecule has 1 fully saturated rings. The average molecular weight is 423 g/mol. The number of nitrogens with one attached hydrogen (secondary N) is 1. The van der Waals surface area contributed by atoms with Gasteiger partial charge >= 0.3 is 0 Å². The Kier molecular flexibility index (Phi) is 6.72. The average Bonchev–Trinajstić information content (AvgIpc) is 2.84. The van der Waals surface area contributed by atoms with Crippen molar-refractivity contribution in [2.45, 2.75) is 44.0 Å². The summed E-state index contributed by atoms with van der Waals surface area (Å²) < 4.78 is 7.57. The van der Waals surface area contributed by atoms with Crippen LogP contribution in [0.15, 0.2) is 21.1 Å². The van der Waals surface area contributed by atoms with E-state index in [2.05, 4.69) is 61.9 Å². The van der Waals surface area contributed by atoms with E-state index in [1.165, 1.54) is 30.6 Å². The molecule has 0 bridgehead atoms. The normalized spacial score (nSPS) is 22.2. The minimum atomic E-state index is 0.640. The van der Waals surface area contributed by atoms with E-state index in [-0.39, 0.29) is 0 Å². The molecular weight excluding hydrogens is 402 g/mol. The summed E-state index contributed by atoms with van der Waals surface area (Å²) in [6.45, 7) is 3.10. The van der Waals surface area contributed by atoms with Crippen LogP contribution in [0.5, 0.6) is 5.75 Å². The Morgan fingerprint density at radius 2 is 2.15 bits per heavy atom. The summed E-state index contributed by atoms with van der Waals surface area (Å²) >= 11 is 9.20. The molecule has 0 aliphatic heterocycles. The van der Waals surface area contributed by atoms with Crippen LogP contribution in [-0.2, 0) is 6.54 Å². The number of hydrogen-bond acceptors (Lipinski definition) is 3. The Morgan fingerprint density at radius 3 is 2.85 bits per heavy atom. The lowest BCUT2D eigenvalue weighted by atomic mass is 10.1. The molecule has 0 radical (unpaired) electrons. The molecule has 20 heavy (non-hydrogen) atoms. The quantitative estimate of drug-likeness (QED) is 0.697. The summed E-state index contributed by atoms with van der Waals surface area (Å²) in [7, 11) is 1.72. The number of benzene rings is 1. The summed E-state index contributed by atoms with van der Waals surface area (Å²) in [4.78, 5) is 0. The van der Waals surface area contributed by atoms with Gasteiger partial charge in [-0.2, -0.15) is 11.8 Å². The smallest absolute Gasteiger partial charge is 0.137 e. The lowest BCUT2D eigenvalue weighted by molar-refractivity contribution is 0.402. The van der Waals surface area contributed by atoms with Crippen LogP contribution in [0.1, 0.15) is 31.7 Å². The van der Waals surface area contributed by atoms with Crippen molar-refractivity contribution in [2.75, 3.05) is 12.9 Å². The van der Waals surface area contributed by atoms with Crippen molar-refractivity contribution in [3.05, 3.63) is 26.6 Å². The Balaban J connectivity index is 1.94. The van der Waals surface area contributed by atoms with Gasteiger partial charge in [0.2, 0.25) is 0 Å². The lowest BCUT2D eigenvalue weighted by Crippen LogP contribution is -2.26. The van der Waals surface area contributed by atoms with Crippen molar-refractivity contribution in [2.24, 2.45) is 0 Å². The van der Waals surface area contributed by atoms with Crippen LogP contribution < -0.4 is 10.1 Å². The summed E-state index contributed by atoms with van der Waals surface area (Å²) in [6, 6.07) is 4.79. The number of thioether (sulfide) groups is 1. The zero-order valence-electron chi connectivity index (χ0n) is 11.9. The fourth-order valence-electron chi connectivity index (χ4n) is 2.74. The number of ether oxygens (including phenoxy) is 1. The lowest BCUT2D eigenvalue weighted by Gasteiger charge is -2.16. The molecule has 0 aromatic heterocycles. The summed E-state index contributed by atoms with van der Waals surface area (Å²) in [5, 5.41) is 4.52. The molecule has 2 nitrogen and oxygen atoms in total. The fourth-order valence-corrected chi connectivity index (χ4v) is 5.36. The van der Waals surface area contributed by atoms with E-state index in [0.717, 1.165) is 26.5 Å². The van der Waals surface area contributed by atoms with Gasteiger partial charge in [0.05, 0.1) is 11.6 Å². The number of methoxy groups -OCH3 is 1. The number of hydrogen-bond donors (Lipinski definition) is 1. The van der Waals surface area contributed by atoms with Gasteiger partial charge in [-0.1, -0.05) is 22.9 Å². The van der Waals surface area contributed by atoms with Gasteiger partial charge in [0, 0.05) is 27.9 Å². The summed E-state index contributed by atoms with van der Waals surface area (Å²) in [5.41, 5.74) is 1.19. The van der Waals surface area contributed by atoms with Crippen molar-refractivity contribution in [3.63, 3.8) is 0 Å². The molecule has 0 heterocycles.